The number of methoxy groups -OCH3 is 1. The normalized spacial score (nSPS) is 21.2. The minimum absolute atomic E-state index is 0.0308. The quantitative estimate of drug-likeness (QED) is 0.641. The lowest BCUT2D eigenvalue weighted by molar-refractivity contribution is -0.0239. The van der Waals surface area contributed by atoms with Crippen LogP contribution < -0.4 is 0 Å². The summed E-state index contributed by atoms with van der Waals surface area (Å²) in [6, 6.07) is 0. The van der Waals surface area contributed by atoms with E-state index in [1.807, 2.05) is 0 Å². The van der Waals surface area contributed by atoms with Gasteiger partial charge in [0.05, 0.1) is 12.2 Å². The molecule has 2 nitrogen and oxygen atoms in total. The van der Waals surface area contributed by atoms with E-state index in [9.17, 15) is 5.11 Å². The third kappa shape index (κ3) is 3.12. The van der Waals surface area contributed by atoms with Crippen LogP contribution in [0.1, 0.15) is 32.6 Å². The molecule has 1 aliphatic carbocycles. The Kier molecular flexibility index (Phi) is 3.94. The van der Waals surface area contributed by atoms with Gasteiger partial charge in [-0.15, -0.1) is 0 Å². The number of ether oxygens (including phenoxy) is 1. The summed E-state index contributed by atoms with van der Waals surface area (Å²) in [6.45, 7) is 5.96. The molecule has 0 radical (unpaired) electrons. The van der Waals surface area contributed by atoms with Crippen molar-refractivity contribution in [3.8, 4) is 0 Å². The van der Waals surface area contributed by atoms with Crippen LogP contribution in [0.5, 0.6) is 0 Å². The maximum absolute atomic E-state index is 9.84. The summed E-state index contributed by atoms with van der Waals surface area (Å²) in [5.74, 6) is 0.588. The molecule has 1 saturated carbocycles. The van der Waals surface area contributed by atoms with Crippen LogP contribution >= 0.6 is 0 Å². The third-order valence-electron chi connectivity index (χ3n) is 2.74. The van der Waals surface area contributed by atoms with Crippen molar-refractivity contribution < 1.29 is 9.84 Å². The van der Waals surface area contributed by atoms with Crippen LogP contribution in [0, 0.1) is 5.92 Å². The molecule has 1 fully saturated rings. The molecule has 13 heavy (non-hydrogen) atoms. The van der Waals surface area contributed by atoms with Gasteiger partial charge in [-0.05, 0) is 31.6 Å². The molecule has 0 heterocycles. The Morgan fingerprint density at radius 2 is 2.23 bits per heavy atom. The number of rotatable bonds is 6. The van der Waals surface area contributed by atoms with E-state index in [2.05, 4.69) is 13.5 Å². The molecule has 2 heteroatoms. The predicted molar refractivity (Wildman–Crippen MR) is 53.6 cm³/mol. The highest BCUT2D eigenvalue weighted by Gasteiger charge is 2.35. The maximum atomic E-state index is 9.84. The predicted octanol–water partition coefficient (Wildman–Crippen LogP) is 2.13. The van der Waals surface area contributed by atoms with Crippen molar-refractivity contribution in [2.45, 2.75) is 44.8 Å². The second kappa shape index (κ2) is 4.77. The van der Waals surface area contributed by atoms with Gasteiger partial charge in [-0.25, -0.2) is 0 Å². The van der Waals surface area contributed by atoms with Gasteiger partial charge in [-0.3, -0.25) is 0 Å². The first-order valence-corrected chi connectivity index (χ1v) is 5.06. The van der Waals surface area contributed by atoms with E-state index in [0.29, 0.717) is 12.3 Å². The molecule has 76 valence electrons. The first-order chi connectivity index (χ1) is 6.19. The average Bonchev–Trinajstić information content (AvgIpc) is 2.89. The minimum atomic E-state index is -0.357. The standard InChI is InChI=1S/C11H20O2/c1-4-8(2)7-10(12)11(13-3)9-5-6-9/h9-12H,2,4-7H2,1,3H3. The van der Waals surface area contributed by atoms with E-state index in [1.54, 1.807) is 7.11 Å². The van der Waals surface area contributed by atoms with Crippen LogP contribution in [0.4, 0.5) is 0 Å². The lowest BCUT2D eigenvalue weighted by atomic mass is 10.0. The van der Waals surface area contributed by atoms with E-state index in [4.69, 9.17) is 4.74 Å². The molecule has 2 atom stereocenters. The molecule has 0 amide bonds. The van der Waals surface area contributed by atoms with Crippen LogP contribution in [0.25, 0.3) is 0 Å². The molecular weight excluding hydrogens is 164 g/mol. The molecule has 0 bridgehead atoms. The zero-order chi connectivity index (χ0) is 9.84. The summed E-state index contributed by atoms with van der Waals surface area (Å²) in [4.78, 5) is 0. The topological polar surface area (TPSA) is 29.5 Å². The fraction of sp³-hybridized carbons (Fsp3) is 0.818. The number of hydrogen-bond acceptors (Lipinski definition) is 2. The Morgan fingerprint density at radius 1 is 1.62 bits per heavy atom. The number of hydrogen-bond donors (Lipinski definition) is 1. The molecular formula is C11H20O2. The monoisotopic (exact) mass is 184 g/mol. The summed E-state index contributed by atoms with van der Waals surface area (Å²) in [5.41, 5.74) is 1.11. The van der Waals surface area contributed by atoms with Crippen LogP contribution in [0.15, 0.2) is 12.2 Å². The zero-order valence-electron chi connectivity index (χ0n) is 8.62. The molecule has 1 N–H and O–H groups in total. The van der Waals surface area contributed by atoms with Gasteiger partial charge < -0.3 is 9.84 Å². The number of aliphatic hydroxyl groups is 1. The summed E-state index contributed by atoms with van der Waals surface area (Å²) < 4.78 is 5.29. The van der Waals surface area contributed by atoms with Gasteiger partial charge in [0.2, 0.25) is 0 Å². The molecule has 0 saturated heterocycles. The molecule has 1 rings (SSSR count). The maximum Gasteiger partial charge on any atom is 0.0861 e. The van der Waals surface area contributed by atoms with Crippen molar-refractivity contribution in [2.24, 2.45) is 5.92 Å². The SMILES string of the molecule is C=C(CC)CC(O)C(OC)C1CC1. The fourth-order valence-electron chi connectivity index (χ4n) is 1.64. The molecule has 1 aliphatic rings. The van der Waals surface area contributed by atoms with Gasteiger partial charge in [0.15, 0.2) is 0 Å². The van der Waals surface area contributed by atoms with Crippen molar-refractivity contribution in [3.63, 3.8) is 0 Å². The van der Waals surface area contributed by atoms with Crippen molar-refractivity contribution in [3.05, 3.63) is 12.2 Å². The lowest BCUT2D eigenvalue weighted by Gasteiger charge is -2.21. The van der Waals surface area contributed by atoms with E-state index >= 15 is 0 Å². The van der Waals surface area contributed by atoms with Crippen molar-refractivity contribution >= 4 is 0 Å². The highest BCUT2D eigenvalue weighted by atomic mass is 16.5. The van der Waals surface area contributed by atoms with E-state index in [0.717, 1.165) is 12.0 Å². The van der Waals surface area contributed by atoms with E-state index in [-0.39, 0.29) is 12.2 Å². The van der Waals surface area contributed by atoms with Gasteiger partial charge in [0, 0.05) is 7.11 Å². The van der Waals surface area contributed by atoms with Crippen molar-refractivity contribution in [2.75, 3.05) is 7.11 Å². The van der Waals surface area contributed by atoms with Crippen LogP contribution in [0.3, 0.4) is 0 Å². The third-order valence-corrected chi connectivity index (χ3v) is 2.74. The summed E-state index contributed by atoms with van der Waals surface area (Å²) in [6.07, 6.45) is 3.71. The first-order valence-electron chi connectivity index (χ1n) is 5.06. The molecule has 2 unspecified atom stereocenters. The lowest BCUT2D eigenvalue weighted by Crippen LogP contribution is -2.30. The Hall–Kier alpha value is -0.340. The number of aliphatic hydroxyl groups excluding tert-OH is 1. The second-order valence-electron chi connectivity index (χ2n) is 3.91. The van der Waals surface area contributed by atoms with Gasteiger partial charge in [0.1, 0.15) is 0 Å². The van der Waals surface area contributed by atoms with E-state index < -0.39 is 0 Å². The van der Waals surface area contributed by atoms with E-state index in [1.165, 1.54) is 12.8 Å². The van der Waals surface area contributed by atoms with Crippen molar-refractivity contribution in [1.82, 2.24) is 0 Å². The smallest absolute Gasteiger partial charge is 0.0861 e. The van der Waals surface area contributed by atoms with Crippen LogP contribution in [-0.4, -0.2) is 24.4 Å². The van der Waals surface area contributed by atoms with Crippen LogP contribution in [0.2, 0.25) is 0 Å². The Labute approximate surface area is 80.6 Å². The summed E-state index contributed by atoms with van der Waals surface area (Å²) in [7, 11) is 1.68. The van der Waals surface area contributed by atoms with Gasteiger partial charge >= 0.3 is 0 Å². The molecule has 0 aromatic rings. The van der Waals surface area contributed by atoms with Crippen LogP contribution in [-0.2, 0) is 4.74 Å². The fourth-order valence-corrected chi connectivity index (χ4v) is 1.64. The zero-order valence-corrected chi connectivity index (χ0v) is 8.62. The Morgan fingerprint density at radius 3 is 2.62 bits per heavy atom. The Bertz CT molecular complexity index is 173. The highest BCUT2D eigenvalue weighted by molar-refractivity contribution is 4.98. The first kappa shape index (κ1) is 10.7. The largest absolute Gasteiger partial charge is 0.390 e. The molecule has 0 aliphatic heterocycles. The average molecular weight is 184 g/mol. The second-order valence-corrected chi connectivity index (χ2v) is 3.91. The van der Waals surface area contributed by atoms with Gasteiger partial charge in [-0.2, -0.15) is 0 Å². The molecule has 0 aromatic carbocycles. The minimum Gasteiger partial charge on any atom is -0.390 e. The van der Waals surface area contributed by atoms with Crippen molar-refractivity contribution in [1.29, 1.82) is 0 Å². The summed E-state index contributed by atoms with van der Waals surface area (Å²) in [5, 5.41) is 9.84. The van der Waals surface area contributed by atoms with Gasteiger partial charge in [0.25, 0.3) is 0 Å². The molecule has 0 aromatic heterocycles. The highest BCUT2D eigenvalue weighted by Crippen LogP contribution is 2.36. The Balaban J connectivity index is 2.34. The van der Waals surface area contributed by atoms with Gasteiger partial charge in [-0.1, -0.05) is 19.1 Å². The summed E-state index contributed by atoms with van der Waals surface area (Å²) >= 11 is 0. The molecule has 0 spiro atoms.